The Morgan fingerprint density at radius 3 is 2.74 bits per heavy atom. The van der Waals surface area contributed by atoms with Gasteiger partial charge in [0.05, 0.1) is 6.54 Å². The minimum atomic E-state index is 0.122. The zero-order valence-corrected chi connectivity index (χ0v) is 14.1. The fraction of sp³-hybridized carbons (Fsp3) is 0.611. The maximum absolute atomic E-state index is 12.4. The van der Waals surface area contributed by atoms with E-state index in [0.29, 0.717) is 36.1 Å². The molecule has 2 aliphatic rings. The average Bonchev–Trinajstić information content (AvgIpc) is 2.51. The summed E-state index contributed by atoms with van der Waals surface area (Å²) in [5, 5.41) is 3.65. The molecule has 2 unspecified atom stereocenters. The smallest absolute Gasteiger partial charge is 0.223 e. The molecule has 3 N–H and O–H groups in total. The summed E-state index contributed by atoms with van der Waals surface area (Å²) in [7, 11) is 0. The van der Waals surface area contributed by atoms with Crippen molar-refractivity contribution in [3.63, 3.8) is 0 Å². The van der Waals surface area contributed by atoms with Crippen LogP contribution in [0.25, 0.3) is 0 Å². The Kier molecular flexibility index (Phi) is 5.44. The summed E-state index contributed by atoms with van der Waals surface area (Å²) in [5.41, 5.74) is 6.28. The van der Waals surface area contributed by atoms with Crippen molar-refractivity contribution >= 4 is 17.5 Å². The van der Waals surface area contributed by atoms with Gasteiger partial charge in [-0.3, -0.25) is 4.79 Å². The molecule has 2 aliphatic carbocycles. The van der Waals surface area contributed by atoms with Gasteiger partial charge in [-0.05, 0) is 55.7 Å². The molecule has 1 amide bonds. The monoisotopic (exact) mass is 336 g/mol. The molecule has 126 valence electrons. The highest BCUT2D eigenvalue weighted by Gasteiger charge is 2.40. The number of nitrogens with one attached hydrogen (secondary N) is 1. The van der Waals surface area contributed by atoms with E-state index in [-0.39, 0.29) is 11.8 Å². The van der Waals surface area contributed by atoms with Crippen molar-refractivity contribution in [2.45, 2.75) is 38.1 Å². The first-order valence-electron chi connectivity index (χ1n) is 8.55. The standard InChI is InChI=1S/C18H25ClN2O2/c19-15-5-2-6-16(11-15)23-8-7-21-18(22)14-9-12-3-1-4-13(10-14)17(12)20/h2,5-6,11-14,17H,1,3-4,7-10,20H2,(H,21,22). The van der Waals surface area contributed by atoms with Crippen molar-refractivity contribution < 1.29 is 9.53 Å². The maximum Gasteiger partial charge on any atom is 0.223 e. The van der Waals surface area contributed by atoms with Gasteiger partial charge < -0.3 is 15.8 Å². The van der Waals surface area contributed by atoms with Gasteiger partial charge in [0.25, 0.3) is 0 Å². The van der Waals surface area contributed by atoms with E-state index in [9.17, 15) is 4.79 Å². The second-order valence-corrected chi connectivity index (χ2v) is 7.23. The molecule has 1 aromatic carbocycles. The van der Waals surface area contributed by atoms with Gasteiger partial charge in [0, 0.05) is 17.0 Å². The number of hydrogen-bond acceptors (Lipinski definition) is 3. The van der Waals surface area contributed by atoms with E-state index < -0.39 is 0 Å². The molecule has 2 fully saturated rings. The van der Waals surface area contributed by atoms with Gasteiger partial charge >= 0.3 is 0 Å². The highest BCUT2D eigenvalue weighted by atomic mass is 35.5. The van der Waals surface area contributed by atoms with Crippen LogP contribution in [0.4, 0.5) is 0 Å². The van der Waals surface area contributed by atoms with Crippen LogP contribution in [-0.2, 0) is 4.79 Å². The van der Waals surface area contributed by atoms with Crippen LogP contribution in [0, 0.1) is 17.8 Å². The molecule has 4 nitrogen and oxygen atoms in total. The Hall–Kier alpha value is -1.26. The number of nitrogens with two attached hydrogens (primary N) is 1. The maximum atomic E-state index is 12.4. The molecule has 0 spiro atoms. The van der Waals surface area contributed by atoms with Crippen molar-refractivity contribution in [2.75, 3.05) is 13.2 Å². The Labute approximate surface area is 142 Å². The number of ether oxygens (including phenoxy) is 1. The Morgan fingerprint density at radius 1 is 1.30 bits per heavy atom. The van der Waals surface area contributed by atoms with Gasteiger partial charge in [-0.2, -0.15) is 0 Å². The zero-order valence-electron chi connectivity index (χ0n) is 13.3. The lowest BCUT2D eigenvalue weighted by Crippen LogP contribution is -2.49. The first-order chi connectivity index (χ1) is 11.1. The number of fused-ring (bicyclic) bond motifs is 2. The normalized spacial score (nSPS) is 29.8. The van der Waals surface area contributed by atoms with Gasteiger partial charge in [0.1, 0.15) is 12.4 Å². The SMILES string of the molecule is NC1C2CCCC1CC(C(=O)NCCOc1cccc(Cl)c1)C2. The van der Waals surface area contributed by atoms with Crippen LogP contribution in [0.3, 0.4) is 0 Å². The molecule has 3 rings (SSSR count). The van der Waals surface area contributed by atoms with Crippen LogP contribution in [0.2, 0.25) is 5.02 Å². The average molecular weight is 337 g/mol. The van der Waals surface area contributed by atoms with E-state index in [4.69, 9.17) is 22.1 Å². The number of rotatable bonds is 5. The van der Waals surface area contributed by atoms with Crippen LogP contribution in [0.5, 0.6) is 5.75 Å². The summed E-state index contributed by atoms with van der Waals surface area (Å²) in [5.74, 6) is 2.06. The molecular formula is C18H25ClN2O2. The molecule has 0 heterocycles. The van der Waals surface area contributed by atoms with Crippen LogP contribution < -0.4 is 15.8 Å². The topological polar surface area (TPSA) is 64.4 Å². The first-order valence-corrected chi connectivity index (χ1v) is 8.93. The largest absolute Gasteiger partial charge is 0.492 e. The van der Waals surface area contributed by atoms with Crippen molar-refractivity contribution in [1.82, 2.24) is 5.32 Å². The van der Waals surface area contributed by atoms with E-state index >= 15 is 0 Å². The third-order valence-electron chi connectivity index (χ3n) is 5.25. The number of halogens is 1. The van der Waals surface area contributed by atoms with Crippen LogP contribution in [0.1, 0.15) is 32.1 Å². The van der Waals surface area contributed by atoms with Crippen molar-refractivity contribution in [2.24, 2.45) is 23.5 Å². The molecule has 5 heteroatoms. The Morgan fingerprint density at radius 2 is 2.04 bits per heavy atom. The summed E-state index contributed by atoms with van der Waals surface area (Å²) < 4.78 is 5.60. The van der Waals surface area contributed by atoms with E-state index in [1.54, 1.807) is 12.1 Å². The Bertz CT molecular complexity index is 538. The molecule has 0 aromatic heterocycles. The predicted molar refractivity (Wildman–Crippen MR) is 91.5 cm³/mol. The van der Waals surface area contributed by atoms with Crippen LogP contribution in [-0.4, -0.2) is 25.1 Å². The third-order valence-corrected chi connectivity index (χ3v) is 5.49. The summed E-state index contributed by atoms with van der Waals surface area (Å²) in [6, 6.07) is 7.59. The minimum absolute atomic E-state index is 0.122. The van der Waals surface area contributed by atoms with E-state index in [1.807, 2.05) is 12.1 Å². The van der Waals surface area contributed by atoms with Gasteiger partial charge in [-0.15, -0.1) is 0 Å². The molecule has 2 saturated carbocycles. The lowest BCUT2D eigenvalue weighted by atomic mass is 9.65. The van der Waals surface area contributed by atoms with Crippen LogP contribution in [0.15, 0.2) is 24.3 Å². The number of hydrogen-bond donors (Lipinski definition) is 2. The van der Waals surface area contributed by atoms with Crippen LogP contribution >= 0.6 is 11.6 Å². The summed E-state index contributed by atoms with van der Waals surface area (Å²) in [6.07, 6.45) is 5.51. The van der Waals surface area contributed by atoms with Gasteiger partial charge in [-0.25, -0.2) is 0 Å². The molecule has 23 heavy (non-hydrogen) atoms. The molecule has 1 aromatic rings. The second-order valence-electron chi connectivity index (χ2n) is 6.79. The summed E-state index contributed by atoms with van der Waals surface area (Å²) in [4.78, 5) is 12.4. The van der Waals surface area contributed by atoms with E-state index in [1.165, 1.54) is 19.3 Å². The molecule has 2 atom stereocenters. The lowest BCUT2D eigenvalue weighted by molar-refractivity contribution is -0.128. The minimum Gasteiger partial charge on any atom is -0.492 e. The molecule has 0 saturated heterocycles. The molecule has 2 bridgehead atoms. The summed E-state index contributed by atoms with van der Waals surface area (Å²) in [6.45, 7) is 0.967. The molecule has 0 aliphatic heterocycles. The van der Waals surface area contributed by atoms with Gasteiger partial charge in [0.15, 0.2) is 0 Å². The van der Waals surface area contributed by atoms with Gasteiger partial charge in [0.2, 0.25) is 5.91 Å². The van der Waals surface area contributed by atoms with Crippen molar-refractivity contribution in [3.05, 3.63) is 29.3 Å². The fourth-order valence-electron chi connectivity index (χ4n) is 4.05. The predicted octanol–water partition coefficient (Wildman–Crippen LogP) is 2.99. The number of benzene rings is 1. The van der Waals surface area contributed by atoms with E-state index in [2.05, 4.69) is 5.32 Å². The summed E-state index contributed by atoms with van der Waals surface area (Å²) >= 11 is 5.91. The number of carbonyl (C=O) groups excluding carboxylic acids is 1. The highest BCUT2D eigenvalue weighted by Crippen LogP contribution is 2.41. The molecular weight excluding hydrogens is 312 g/mol. The lowest BCUT2D eigenvalue weighted by Gasteiger charge is -2.43. The zero-order chi connectivity index (χ0) is 16.2. The quantitative estimate of drug-likeness (QED) is 0.812. The van der Waals surface area contributed by atoms with E-state index in [0.717, 1.165) is 18.6 Å². The number of amides is 1. The fourth-order valence-corrected chi connectivity index (χ4v) is 4.23. The molecule has 0 radical (unpaired) electrons. The highest BCUT2D eigenvalue weighted by molar-refractivity contribution is 6.30. The number of carbonyl (C=O) groups is 1. The Balaban J connectivity index is 1.41. The second kappa shape index (κ2) is 7.54. The first kappa shape index (κ1) is 16.6. The van der Waals surface area contributed by atoms with Crippen molar-refractivity contribution in [3.8, 4) is 5.75 Å². The third kappa shape index (κ3) is 4.18. The van der Waals surface area contributed by atoms with Crippen molar-refractivity contribution in [1.29, 1.82) is 0 Å². The van der Waals surface area contributed by atoms with Gasteiger partial charge in [-0.1, -0.05) is 24.1 Å².